The number of hydrogen-bond donors (Lipinski definition) is 2. The third-order valence-corrected chi connectivity index (χ3v) is 4.07. The first-order valence-electron chi connectivity index (χ1n) is 7.00. The van der Waals surface area contributed by atoms with Crippen molar-refractivity contribution in [2.24, 2.45) is 0 Å². The largest absolute Gasteiger partial charge is 0.504 e. The summed E-state index contributed by atoms with van der Waals surface area (Å²) in [6, 6.07) is 0. The fraction of sp³-hybridized carbons (Fsp3) is 0.400. The molecule has 0 amide bonds. The summed E-state index contributed by atoms with van der Waals surface area (Å²) in [6.07, 6.45) is 2.92. The molecule has 6 heteroatoms. The van der Waals surface area contributed by atoms with Gasteiger partial charge in [-0.15, -0.1) is 0 Å². The Morgan fingerprint density at radius 2 is 1.81 bits per heavy atom. The number of anilines is 1. The second-order valence-electron chi connectivity index (χ2n) is 5.71. The Kier molecular flexibility index (Phi) is 2.40. The zero-order chi connectivity index (χ0) is 14.7. The molecule has 2 aliphatic heterocycles. The summed E-state index contributed by atoms with van der Waals surface area (Å²) in [6.45, 7) is 3.93. The number of phenols is 1. The van der Waals surface area contributed by atoms with E-state index in [4.69, 9.17) is 19.7 Å². The minimum Gasteiger partial charge on any atom is -0.504 e. The number of rotatable bonds is 1. The van der Waals surface area contributed by atoms with Crippen molar-refractivity contribution < 1.29 is 19.1 Å². The maximum absolute atomic E-state index is 10.5. The number of nitrogens with two attached hydrogens (primary N) is 1. The van der Waals surface area contributed by atoms with Crippen LogP contribution in [0, 0.1) is 0 Å². The average molecular weight is 288 g/mol. The SMILES string of the molecule is CC1Cc2c(c(O)c3c(c2-c2cnoc2N)OC(C)C3)O1. The lowest BCUT2D eigenvalue weighted by atomic mass is 9.93. The van der Waals surface area contributed by atoms with E-state index in [9.17, 15) is 5.11 Å². The zero-order valence-electron chi connectivity index (χ0n) is 11.8. The molecule has 21 heavy (non-hydrogen) atoms. The van der Waals surface area contributed by atoms with Crippen LogP contribution in [-0.4, -0.2) is 22.5 Å². The van der Waals surface area contributed by atoms with Gasteiger partial charge in [0.05, 0.1) is 11.8 Å². The molecule has 2 aliphatic rings. The molecule has 6 nitrogen and oxygen atoms in total. The summed E-state index contributed by atoms with van der Waals surface area (Å²) in [5, 5.41) is 14.2. The van der Waals surface area contributed by atoms with Gasteiger partial charge in [-0.05, 0) is 13.8 Å². The van der Waals surface area contributed by atoms with Gasteiger partial charge >= 0.3 is 0 Å². The first kappa shape index (κ1) is 12.4. The van der Waals surface area contributed by atoms with Gasteiger partial charge in [-0.25, -0.2) is 0 Å². The Balaban J connectivity index is 2.04. The van der Waals surface area contributed by atoms with E-state index in [1.165, 1.54) is 0 Å². The van der Waals surface area contributed by atoms with E-state index in [0.717, 1.165) is 16.7 Å². The Labute approximate surface area is 121 Å². The average Bonchev–Trinajstić information content (AvgIpc) is 3.10. The minimum atomic E-state index is 0.00526. The molecule has 0 saturated heterocycles. The molecule has 2 aromatic rings. The van der Waals surface area contributed by atoms with Crippen LogP contribution in [0.25, 0.3) is 11.1 Å². The molecule has 0 radical (unpaired) electrons. The van der Waals surface area contributed by atoms with E-state index >= 15 is 0 Å². The smallest absolute Gasteiger partial charge is 0.230 e. The van der Waals surface area contributed by atoms with E-state index in [1.807, 2.05) is 13.8 Å². The first-order valence-corrected chi connectivity index (χ1v) is 7.00. The highest BCUT2D eigenvalue weighted by molar-refractivity contribution is 5.86. The second-order valence-corrected chi connectivity index (χ2v) is 5.71. The Hall–Kier alpha value is -2.37. The van der Waals surface area contributed by atoms with Crippen LogP contribution in [0.1, 0.15) is 25.0 Å². The number of fused-ring (bicyclic) bond motifs is 2. The van der Waals surface area contributed by atoms with Gasteiger partial charge < -0.3 is 24.8 Å². The number of ether oxygens (including phenoxy) is 2. The number of phenolic OH excluding ortho intramolecular Hbond substituents is 1. The maximum atomic E-state index is 10.5. The molecule has 1 aromatic carbocycles. The van der Waals surface area contributed by atoms with Gasteiger partial charge in [-0.2, -0.15) is 0 Å². The topological polar surface area (TPSA) is 90.7 Å². The van der Waals surface area contributed by atoms with E-state index in [0.29, 0.717) is 29.9 Å². The highest BCUT2D eigenvalue weighted by atomic mass is 16.5. The van der Waals surface area contributed by atoms with Gasteiger partial charge in [0, 0.05) is 29.5 Å². The molecule has 1 aromatic heterocycles. The molecule has 0 fully saturated rings. The molecule has 3 N–H and O–H groups in total. The predicted molar refractivity (Wildman–Crippen MR) is 75.6 cm³/mol. The van der Waals surface area contributed by atoms with Crippen LogP contribution in [-0.2, 0) is 12.8 Å². The molecule has 3 heterocycles. The van der Waals surface area contributed by atoms with Gasteiger partial charge in [-0.1, -0.05) is 5.16 Å². The lowest BCUT2D eigenvalue weighted by molar-refractivity contribution is 0.244. The number of benzene rings is 1. The van der Waals surface area contributed by atoms with Crippen LogP contribution in [0.2, 0.25) is 0 Å². The van der Waals surface area contributed by atoms with E-state index in [-0.39, 0.29) is 23.8 Å². The van der Waals surface area contributed by atoms with E-state index in [2.05, 4.69) is 5.16 Å². The predicted octanol–water partition coefficient (Wildman–Crippen LogP) is 2.28. The summed E-state index contributed by atoms with van der Waals surface area (Å²) in [4.78, 5) is 0. The van der Waals surface area contributed by atoms with Crippen molar-refractivity contribution in [2.75, 3.05) is 5.73 Å². The van der Waals surface area contributed by atoms with Crippen molar-refractivity contribution >= 4 is 5.88 Å². The molecular weight excluding hydrogens is 272 g/mol. The monoisotopic (exact) mass is 288 g/mol. The van der Waals surface area contributed by atoms with Gasteiger partial charge in [0.15, 0.2) is 11.5 Å². The van der Waals surface area contributed by atoms with Gasteiger partial charge in [-0.3, -0.25) is 0 Å². The van der Waals surface area contributed by atoms with E-state index < -0.39 is 0 Å². The number of nitrogens with zero attached hydrogens (tertiary/aromatic N) is 1. The quantitative estimate of drug-likeness (QED) is 0.836. The van der Waals surface area contributed by atoms with Crippen LogP contribution in [0.15, 0.2) is 10.7 Å². The molecule has 0 aliphatic carbocycles. The van der Waals surface area contributed by atoms with Crippen molar-refractivity contribution in [1.82, 2.24) is 5.16 Å². The Morgan fingerprint density at radius 1 is 1.14 bits per heavy atom. The Bertz CT molecular complexity index is 699. The summed E-state index contributed by atoms with van der Waals surface area (Å²) in [5.41, 5.74) is 9.08. The van der Waals surface area contributed by atoms with Crippen LogP contribution in [0.5, 0.6) is 17.2 Å². The molecule has 2 atom stereocenters. The normalized spacial score (nSPS) is 22.6. The summed E-state index contributed by atoms with van der Waals surface area (Å²) >= 11 is 0. The lowest BCUT2D eigenvalue weighted by Gasteiger charge is -2.14. The van der Waals surface area contributed by atoms with Crippen molar-refractivity contribution in [1.29, 1.82) is 0 Å². The van der Waals surface area contributed by atoms with Crippen molar-refractivity contribution in [3.63, 3.8) is 0 Å². The highest BCUT2D eigenvalue weighted by Gasteiger charge is 2.37. The third-order valence-electron chi connectivity index (χ3n) is 4.07. The van der Waals surface area contributed by atoms with Crippen molar-refractivity contribution in [2.45, 2.75) is 38.9 Å². The van der Waals surface area contributed by atoms with Gasteiger partial charge in [0.1, 0.15) is 18.0 Å². The van der Waals surface area contributed by atoms with Crippen LogP contribution in [0.4, 0.5) is 5.88 Å². The van der Waals surface area contributed by atoms with Crippen LogP contribution >= 0.6 is 0 Å². The summed E-state index contributed by atoms with van der Waals surface area (Å²) < 4.78 is 16.7. The van der Waals surface area contributed by atoms with Gasteiger partial charge in [0.2, 0.25) is 5.88 Å². The molecule has 0 saturated carbocycles. The van der Waals surface area contributed by atoms with E-state index in [1.54, 1.807) is 6.20 Å². The summed E-state index contributed by atoms with van der Waals surface area (Å²) in [7, 11) is 0. The van der Waals surface area contributed by atoms with Crippen LogP contribution < -0.4 is 15.2 Å². The summed E-state index contributed by atoms with van der Waals surface area (Å²) in [5.74, 6) is 1.64. The lowest BCUT2D eigenvalue weighted by Crippen LogP contribution is -2.07. The minimum absolute atomic E-state index is 0.00526. The third kappa shape index (κ3) is 1.62. The van der Waals surface area contributed by atoms with Gasteiger partial charge in [0.25, 0.3) is 0 Å². The Morgan fingerprint density at radius 3 is 2.48 bits per heavy atom. The van der Waals surface area contributed by atoms with Crippen molar-refractivity contribution in [3.05, 3.63) is 17.3 Å². The fourth-order valence-corrected chi connectivity index (χ4v) is 3.21. The molecule has 110 valence electrons. The fourth-order valence-electron chi connectivity index (χ4n) is 3.21. The molecule has 2 unspecified atom stereocenters. The molecular formula is C15H16N2O4. The standard InChI is InChI=1S/C15H16N2O4/c1-6-3-8-11(10-5-17-21-15(10)16)13-9(4-7(2)19-13)12(18)14(8)20-6/h5-7,18H,3-4,16H2,1-2H3. The number of aromatic nitrogens is 1. The number of aromatic hydroxyl groups is 1. The highest BCUT2D eigenvalue weighted by Crippen LogP contribution is 2.54. The first-order chi connectivity index (χ1) is 10.1. The molecule has 4 rings (SSSR count). The molecule has 0 bridgehead atoms. The number of hydrogen-bond acceptors (Lipinski definition) is 6. The maximum Gasteiger partial charge on any atom is 0.230 e. The number of nitrogen functional groups attached to an aromatic ring is 1. The molecule has 0 spiro atoms. The zero-order valence-corrected chi connectivity index (χ0v) is 11.8. The second kappa shape index (κ2) is 4.07. The van der Waals surface area contributed by atoms with Crippen LogP contribution in [0.3, 0.4) is 0 Å². The van der Waals surface area contributed by atoms with Crippen molar-refractivity contribution in [3.8, 4) is 28.4 Å².